The normalized spacial score (nSPS) is 16.4. The van der Waals surface area contributed by atoms with Crippen molar-refractivity contribution < 1.29 is 4.79 Å². The van der Waals surface area contributed by atoms with Crippen molar-refractivity contribution in [1.82, 2.24) is 29.6 Å². The van der Waals surface area contributed by atoms with E-state index in [0.717, 1.165) is 43.1 Å². The van der Waals surface area contributed by atoms with Gasteiger partial charge in [-0.1, -0.05) is 18.2 Å². The molecule has 1 aliphatic heterocycles. The minimum atomic E-state index is 0.0610. The molecule has 1 unspecified atom stereocenters. The molecule has 1 amide bonds. The molecule has 0 spiro atoms. The summed E-state index contributed by atoms with van der Waals surface area (Å²) in [6, 6.07) is 12.1. The van der Waals surface area contributed by atoms with Crippen LogP contribution in [0.2, 0.25) is 0 Å². The van der Waals surface area contributed by atoms with Crippen LogP contribution in [-0.2, 0) is 11.3 Å². The maximum atomic E-state index is 13.0. The van der Waals surface area contributed by atoms with E-state index >= 15 is 0 Å². The van der Waals surface area contributed by atoms with Crippen LogP contribution >= 0.6 is 0 Å². The number of anilines is 1. The lowest BCUT2D eigenvalue weighted by molar-refractivity contribution is -0.131. The molecule has 1 fully saturated rings. The first-order chi connectivity index (χ1) is 15.2. The lowest BCUT2D eigenvalue weighted by atomic mass is 10.0. The Kier molecular flexibility index (Phi) is 5.11. The van der Waals surface area contributed by atoms with Gasteiger partial charge in [-0.25, -0.2) is 4.98 Å². The van der Waals surface area contributed by atoms with E-state index in [1.165, 1.54) is 10.9 Å². The standard InChI is InChI=1S/C23H25N7O/c1-28(21-6-7-22(27-26-21)30-13-10-24-16-30)11-8-17-9-12-29(23(17)31)15-18-14-25-20-5-3-2-4-19(18)20/h2-7,10,13-14,16-17,25H,8-9,11-12,15H2,1H3. The highest BCUT2D eigenvalue weighted by Crippen LogP contribution is 2.26. The molecule has 158 valence electrons. The van der Waals surface area contributed by atoms with Crippen LogP contribution in [0.25, 0.3) is 16.7 Å². The predicted octanol–water partition coefficient (Wildman–Crippen LogP) is 3.02. The Morgan fingerprint density at radius 3 is 2.90 bits per heavy atom. The molecule has 1 aromatic carbocycles. The number of benzene rings is 1. The fraction of sp³-hybridized carbons (Fsp3) is 0.304. The van der Waals surface area contributed by atoms with Crippen LogP contribution in [0.1, 0.15) is 18.4 Å². The second-order valence-corrected chi connectivity index (χ2v) is 8.03. The summed E-state index contributed by atoms with van der Waals surface area (Å²) in [5.74, 6) is 1.84. The van der Waals surface area contributed by atoms with Gasteiger partial charge >= 0.3 is 0 Å². The number of nitrogens with one attached hydrogen (secondary N) is 1. The summed E-state index contributed by atoms with van der Waals surface area (Å²) in [6.07, 6.45) is 8.97. The fourth-order valence-corrected chi connectivity index (χ4v) is 4.21. The lowest BCUT2D eigenvalue weighted by Gasteiger charge is -2.20. The van der Waals surface area contributed by atoms with Crippen molar-refractivity contribution in [2.24, 2.45) is 5.92 Å². The maximum absolute atomic E-state index is 13.0. The van der Waals surface area contributed by atoms with Crippen LogP contribution in [0, 0.1) is 5.92 Å². The van der Waals surface area contributed by atoms with Gasteiger partial charge < -0.3 is 14.8 Å². The number of aromatic nitrogens is 5. The predicted molar refractivity (Wildman–Crippen MR) is 119 cm³/mol. The van der Waals surface area contributed by atoms with Crippen molar-refractivity contribution in [2.45, 2.75) is 19.4 Å². The molecule has 31 heavy (non-hydrogen) atoms. The highest BCUT2D eigenvalue weighted by Gasteiger charge is 2.31. The third kappa shape index (κ3) is 3.88. The van der Waals surface area contributed by atoms with Gasteiger partial charge in [-0.15, -0.1) is 10.2 Å². The number of carbonyl (C=O) groups is 1. The number of rotatable bonds is 7. The number of aromatic amines is 1. The second kappa shape index (κ2) is 8.22. The summed E-state index contributed by atoms with van der Waals surface area (Å²) >= 11 is 0. The highest BCUT2D eigenvalue weighted by atomic mass is 16.2. The molecule has 4 aromatic rings. The second-order valence-electron chi connectivity index (χ2n) is 8.03. The van der Waals surface area contributed by atoms with Crippen molar-refractivity contribution in [2.75, 3.05) is 25.0 Å². The zero-order valence-electron chi connectivity index (χ0n) is 17.5. The van der Waals surface area contributed by atoms with Gasteiger partial charge in [0.05, 0.1) is 0 Å². The zero-order valence-corrected chi connectivity index (χ0v) is 17.5. The Bertz CT molecular complexity index is 1170. The summed E-state index contributed by atoms with van der Waals surface area (Å²) in [6.45, 7) is 2.24. The first kappa shape index (κ1) is 19.3. The van der Waals surface area contributed by atoms with Crippen molar-refractivity contribution in [3.8, 4) is 5.82 Å². The fourth-order valence-electron chi connectivity index (χ4n) is 4.21. The Hall–Kier alpha value is -3.68. The molecule has 3 aromatic heterocycles. The summed E-state index contributed by atoms with van der Waals surface area (Å²) in [5.41, 5.74) is 2.29. The van der Waals surface area contributed by atoms with Gasteiger partial charge in [0.25, 0.3) is 0 Å². The molecule has 0 aliphatic carbocycles. The van der Waals surface area contributed by atoms with E-state index in [1.54, 1.807) is 12.5 Å². The quantitative estimate of drug-likeness (QED) is 0.502. The number of para-hydroxylation sites is 1. The van der Waals surface area contributed by atoms with Crippen molar-refractivity contribution in [1.29, 1.82) is 0 Å². The van der Waals surface area contributed by atoms with Gasteiger partial charge in [-0.05, 0) is 36.6 Å². The summed E-state index contributed by atoms with van der Waals surface area (Å²) in [4.78, 5) is 24.3. The smallest absolute Gasteiger partial charge is 0.226 e. The van der Waals surface area contributed by atoms with Crippen molar-refractivity contribution in [3.05, 3.63) is 66.9 Å². The molecule has 0 radical (unpaired) electrons. The van der Waals surface area contributed by atoms with Gasteiger partial charge in [0.1, 0.15) is 6.33 Å². The molecule has 0 saturated carbocycles. The third-order valence-electron chi connectivity index (χ3n) is 6.05. The van der Waals surface area contributed by atoms with Gasteiger partial charge in [0.2, 0.25) is 5.91 Å². The SMILES string of the molecule is CN(CCC1CCN(Cc2c[nH]c3ccccc23)C1=O)c1ccc(-n2ccnc2)nn1. The Balaban J connectivity index is 1.17. The number of likely N-dealkylation sites (tertiary alicyclic amines) is 1. The van der Waals surface area contributed by atoms with Crippen LogP contribution in [0.5, 0.6) is 0 Å². The molecule has 1 aliphatic rings. The van der Waals surface area contributed by atoms with E-state index in [9.17, 15) is 4.79 Å². The molecule has 4 heterocycles. The number of fused-ring (bicyclic) bond motifs is 1. The Morgan fingerprint density at radius 2 is 2.10 bits per heavy atom. The lowest BCUT2D eigenvalue weighted by Crippen LogP contribution is -2.29. The summed E-state index contributed by atoms with van der Waals surface area (Å²) in [7, 11) is 1.99. The van der Waals surface area contributed by atoms with E-state index < -0.39 is 0 Å². The summed E-state index contributed by atoms with van der Waals surface area (Å²) in [5, 5.41) is 9.78. The monoisotopic (exact) mass is 415 g/mol. The van der Waals surface area contributed by atoms with Gasteiger partial charge in [-0.2, -0.15) is 0 Å². The van der Waals surface area contributed by atoms with Crippen LogP contribution < -0.4 is 4.90 Å². The van der Waals surface area contributed by atoms with Gasteiger partial charge in [0, 0.05) is 62.1 Å². The molecular weight excluding hydrogens is 390 g/mol. The number of nitrogens with zero attached hydrogens (tertiary/aromatic N) is 6. The van der Waals surface area contributed by atoms with Crippen LogP contribution in [0.15, 0.2) is 61.3 Å². The van der Waals surface area contributed by atoms with Crippen LogP contribution in [0.3, 0.4) is 0 Å². The van der Waals surface area contributed by atoms with Gasteiger partial charge in [0.15, 0.2) is 11.6 Å². The minimum absolute atomic E-state index is 0.0610. The number of imidazole rings is 1. The van der Waals surface area contributed by atoms with E-state index in [2.05, 4.69) is 37.2 Å². The maximum Gasteiger partial charge on any atom is 0.226 e. The molecule has 8 heteroatoms. The first-order valence-electron chi connectivity index (χ1n) is 10.6. The molecule has 1 N–H and O–H groups in total. The molecule has 1 saturated heterocycles. The first-order valence-corrected chi connectivity index (χ1v) is 10.6. The highest BCUT2D eigenvalue weighted by molar-refractivity contribution is 5.85. The molecule has 0 bridgehead atoms. The number of hydrogen-bond donors (Lipinski definition) is 1. The number of hydrogen-bond acceptors (Lipinski definition) is 5. The average molecular weight is 416 g/mol. The number of H-pyrrole nitrogens is 1. The topological polar surface area (TPSA) is 82.9 Å². The molecule has 1 atom stereocenters. The van der Waals surface area contributed by atoms with E-state index in [4.69, 9.17) is 0 Å². The zero-order chi connectivity index (χ0) is 21.2. The van der Waals surface area contributed by atoms with E-state index in [1.807, 2.05) is 53.2 Å². The van der Waals surface area contributed by atoms with E-state index in [0.29, 0.717) is 6.54 Å². The average Bonchev–Trinajstić information content (AvgIpc) is 3.55. The van der Waals surface area contributed by atoms with Crippen LogP contribution in [-0.4, -0.2) is 55.7 Å². The van der Waals surface area contributed by atoms with Crippen LogP contribution in [0.4, 0.5) is 5.82 Å². The summed E-state index contributed by atoms with van der Waals surface area (Å²) < 4.78 is 1.82. The molecular formula is C23H25N7O. The number of amides is 1. The van der Waals surface area contributed by atoms with E-state index in [-0.39, 0.29) is 11.8 Å². The number of carbonyl (C=O) groups excluding carboxylic acids is 1. The van der Waals surface area contributed by atoms with Gasteiger partial charge in [-0.3, -0.25) is 9.36 Å². The Morgan fingerprint density at radius 1 is 1.19 bits per heavy atom. The van der Waals surface area contributed by atoms with Crippen molar-refractivity contribution >= 4 is 22.6 Å². The molecule has 8 nitrogen and oxygen atoms in total. The largest absolute Gasteiger partial charge is 0.361 e. The van der Waals surface area contributed by atoms with Crippen molar-refractivity contribution in [3.63, 3.8) is 0 Å². The third-order valence-corrected chi connectivity index (χ3v) is 6.05. The Labute approximate surface area is 180 Å². The molecule has 5 rings (SSSR count). The minimum Gasteiger partial charge on any atom is -0.361 e.